The third kappa shape index (κ3) is 2.40. The Morgan fingerprint density at radius 2 is 2.23 bits per heavy atom. The predicted molar refractivity (Wildman–Crippen MR) is 54.8 cm³/mol. The van der Waals surface area contributed by atoms with Gasteiger partial charge in [-0.3, -0.25) is 0 Å². The lowest BCUT2D eigenvalue weighted by molar-refractivity contribution is 0.428. The van der Waals surface area contributed by atoms with Crippen LogP contribution in [-0.4, -0.2) is 0 Å². The number of hydrogen-bond acceptors (Lipinski definition) is 0. The Balaban J connectivity index is 2.17. The van der Waals surface area contributed by atoms with Crippen LogP contribution in [0.15, 0.2) is 11.6 Å². The van der Waals surface area contributed by atoms with E-state index in [1.165, 1.54) is 37.7 Å². The van der Waals surface area contributed by atoms with Crippen LogP contribution in [0.25, 0.3) is 0 Å². The molecule has 0 saturated carbocycles. The molecule has 2 rings (SSSR count). The summed E-state index contributed by atoms with van der Waals surface area (Å²) >= 11 is 0. The van der Waals surface area contributed by atoms with Gasteiger partial charge in [0, 0.05) is 6.42 Å². The van der Waals surface area contributed by atoms with Gasteiger partial charge < -0.3 is 0 Å². The zero-order valence-corrected chi connectivity index (χ0v) is 7.90. The minimum absolute atomic E-state index is 0.884. The molecule has 0 nitrogen and oxygen atoms in total. The summed E-state index contributed by atoms with van der Waals surface area (Å²) < 4.78 is 0. The average molecular weight is 170 g/mol. The molecule has 66 valence electrons. The van der Waals surface area contributed by atoms with E-state index in [1.54, 1.807) is 0 Å². The quantitative estimate of drug-likeness (QED) is 0.490. The zero-order valence-electron chi connectivity index (χ0n) is 7.90. The number of rotatable bonds is 0. The molecule has 0 amide bonds. The second kappa shape index (κ2) is 4.20. The van der Waals surface area contributed by atoms with E-state index < -0.39 is 0 Å². The molecule has 0 N–H and O–H groups in total. The molecule has 2 aliphatic carbocycles. The highest BCUT2D eigenvalue weighted by Gasteiger charge is 2.13. The largest absolute Gasteiger partial charge is 0.0891 e. The average Bonchev–Trinajstić information content (AvgIpc) is 2.17. The van der Waals surface area contributed by atoms with E-state index in [0.717, 1.165) is 12.3 Å². The Hall–Kier alpha value is -1.14. The van der Waals surface area contributed by atoms with Crippen molar-refractivity contribution in [1.82, 2.24) is 0 Å². The molecule has 1 unspecified atom stereocenters. The molecule has 0 heteroatoms. The summed E-state index contributed by atoms with van der Waals surface area (Å²) in [5, 5.41) is 0. The maximum Gasteiger partial charge on any atom is 0.00990 e. The maximum atomic E-state index is 3.16. The molecule has 0 radical (unpaired) electrons. The van der Waals surface area contributed by atoms with Crippen LogP contribution in [0.5, 0.6) is 0 Å². The molecular formula is C13H14. The Labute approximate surface area is 80.4 Å². The normalized spacial score (nSPS) is 25.8. The van der Waals surface area contributed by atoms with Gasteiger partial charge in [0.15, 0.2) is 0 Å². The van der Waals surface area contributed by atoms with Crippen molar-refractivity contribution in [3.05, 3.63) is 11.6 Å². The van der Waals surface area contributed by atoms with Gasteiger partial charge in [-0.2, -0.15) is 0 Å². The standard InChI is InChI=1S/C13H14/c1-2-4-7-12-9-6-10-13(11-12)8-5-3-1/h10,12H,2,4,6-7,9,11H2. The van der Waals surface area contributed by atoms with Crippen molar-refractivity contribution in [2.45, 2.75) is 38.5 Å². The molecule has 1 atom stereocenters. The fourth-order valence-electron chi connectivity index (χ4n) is 2.04. The summed E-state index contributed by atoms with van der Waals surface area (Å²) in [6.07, 6.45) is 9.70. The van der Waals surface area contributed by atoms with Gasteiger partial charge >= 0.3 is 0 Å². The van der Waals surface area contributed by atoms with Crippen molar-refractivity contribution in [3.63, 3.8) is 0 Å². The Kier molecular flexibility index (Phi) is 2.73. The van der Waals surface area contributed by atoms with E-state index in [-0.39, 0.29) is 0 Å². The van der Waals surface area contributed by atoms with E-state index in [1.807, 2.05) is 0 Å². The number of hydrogen-bond donors (Lipinski definition) is 0. The first-order chi connectivity index (χ1) is 6.45. The molecule has 0 aromatic heterocycles. The summed E-state index contributed by atoms with van der Waals surface area (Å²) in [5.74, 6) is 13.0. The summed E-state index contributed by atoms with van der Waals surface area (Å²) in [7, 11) is 0. The minimum atomic E-state index is 0.884. The van der Waals surface area contributed by atoms with Crippen LogP contribution < -0.4 is 0 Å². The van der Waals surface area contributed by atoms with E-state index in [0.29, 0.717) is 0 Å². The van der Waals surface area contributed by atoms with Gasteiger partial charge in [0.2, 0.25) is 0 Å². The highest BCUT2D eigenvalue weighted by molar-refractivity contribution is 5.37. The lowest BCUT2D eigenvalue weighted by Crippen LogP contribution is -2.06. The summed E-state index contributed by atoms with van der Waals surface area (Å²) in [6.45, 7) is 0. The number of allylic oxidation sites excluding steroid dienone is 2. The number of fused-ring (bicyclic) bond motifs is 2. The van der Waals surface area contributed by atoms with Gasteiger partial charge in [0.1, 0.15) is 0 Å². The van der Waals surface area contributed by atoms with E-state index in [2.05, 4.69) is 29.8 Å². The van der Waals surface area contributed by atoms with Crippen LogP contribution in [0.3, 0.4) is 0 Å². The molecule has 2 aliphatic rings. The first-order valence-corrected chi connectivity index (χ1v) is 5.13. The maximum absolute atomic E-state index is 3.16. The summed E-state index contributed by atoms with van der Waals surface area (Å²) in [6, 6.07) is 0. The van der Waals surface area contributed by atoms with Crippen LogP contribution in [0, 0.1) is 29.6 Å². The first kappa shape index (κ1) is 8.46. The van der Waals surface area contributed by atoms with Crippen molar-refractivity contribution in [3.8, 4) is 23.7 Å². The summed E-state index contributed by atoms with van der Waals surface area (Å²) in [5.41, 5.74) is 1.33. The molecule has 0 aromatic rings. The van der Waals surface area contributed by atoms with Crippen molar-refractivity contribution < 1.29 is 0 Å². The predicted octanol–water partition coefficient (Wildman–Crippen LogP) is 2.90. The smallest absolute Gasteiger partial charge is 0.00990 e. The van der Waals surface area contributed by atoms with Crippen LogP contribution in [0.4, 0.5) is 0 Å². The van der Waals surface area contributed by atoms with Crippen LogP contribution in [0.1, 0.15) is 38.5 Å². The van der Waals surface area contributed by atoms with Crippen LogP contribution >= 0.6 is 0 Å². The fourth-order valence-corrected chi connectivity index (χ4v) is 2.04. The molecule has 13 heavy (non-hydrogen) atoms. The van der Waals surface area contributed by atoms with Gasteiger partial charge in [-0.25, -0.2) is 0 Å². The van der Waals surface area contributed by atoms with E-state index >= 15 is 0 Å². The van der Waals surface area contributed by atoms with Crippen molar-refractivity contribution in [2.24, 2.45) is 5.92 Å². The molecular weight excluding hydrogens is 156 g/mol. The molecule has 0 saturated heterocycles. The van der Waals surface area contributed by atoms with Crippen molar-refractivity contribution in [1.29, 1.82) is 0 Å². The van der Waals surface area contributed by atoms with Crippen molar-refractivity contribution in [2.75, 3.05) is 0 Å². The lowest BCUT2D eigenvalue weighted by Gasteiger charge is -2.19. The molecule has 0 fully saturated rings. The fraction of sp³-hybridized carbons (Fsp3) is 0.538. The lowest BCUT2D eigenvalue weighted by atomic mass is 9.85. The van der Waals surface area contributed by atoms with Gasteiger partial charge in [0.25, 0.3) is 0 Å². The second-order valence-electron chi connectivity index (χ2n) is 3.82. The monoisotopic (exact) mass is 170 g/mol. The van der Waals surface area contributed by atoms with E-state index in [4.69, 9.17) is 0 Å². The van der Waals surface area contributed by atoms with Crippen LogP contribution in [-0.2, 0) is 0 Å². The zero-order chi connectivity index (χ0) is 8.93. The van der Waals surface area contributed by atoms with Crippen molar-refractivity contribution >= 4 is 0 Å². The SMILES string of the molecule is C1#CCCCC2CCC=C(C#C1)C2. The second-order valence-corrected chi connectivity index (χ2v) is 3.82. The molecule has 0 aromatic carbocycles. The van der Waals surface area contributed by atoms with Gasteiger partial charge in [-0.15, -0.1) is 0 Å². The van der Waals surface area contributed by atoms with Gasteiger partial charge in [-0.05, 0) is 55.4 Å². The van der Waals surface area contributed by atoms with Gasteiger partial charge in [0.05, 0.1) is 0 Å². The molecule has 0 aliphatic heterocycles. The Bertz CT molecular complexity index is 325. The van der Waals surface area contributed by atoms with Gasteiger partial charge in [-0.1, -0.05) is 17.9 Å². The Morgan fingerprint density at radius 3 is 3.23 bits per heavy atom. The Morgan fingerprint density at radius 1 is 1.23 bits per heavy atom. The highest BCUT2D eigenvalue weighted by Crippen LogP contribution is 2.27. The minimum Gasteiger partial charge on any atom is -0.0891 e. The molecule has 0 heterocycles. The molecule has 0 spiro atoms. The third-order valence-corrected chi connectivity index (χ3v) is 2.76. The summed E-state index contributed by atoms with van der Waals surface area (Å²) in [4.78, 5) is 0. The van der Waals surface area contributed by atoms with E-state index in [9.17, 15) is 0 Å². The topological polar surface area (TPSA) is 0 Å². The molecule has 2 bridgehead atoms. The first-order valence-electron chi connectivity index (χ1n) is 5.13. The van der Waals surface area contributed by atoms with Crippen LogP contribution in [0.2, 0.25) is 0 Å². The highest BCUT2D eigenvalue weighted by atomic mass is 14.2. The third-order valence-electron chi connectivity index (χ3n) is 2.76.